The lowest BCUT2D eigenvalue weighted by Crippen LogP contribution is -2.32. The molecule has 0 bridgehead atoms. The first-order valence-electron chi connectivity index (χ1n) is 11.2. The van der Waals surface area contributed by atoms with Gasteiger partial charge in [-0.3, -0.25) is 19.3 Å². The van der Waals surface area contributed by atoms with Gasteiger partial charge in [0.05, 0.1) is 15.9 Å². The second kappa shape index (κ2) is 11.8. The Hall–Kier alpha value is -3.61. The summed E-state index contributed by atoms with van der Waals surface area (Å²) in [7, 11) is -4.15. The lowest BCUT2D eigenvalue weighted by molar-refractivity contribution is -0.123. The Kier molecular flexibility index (Phi) is 8.55. The quantitative estimate of drug-likeness (QED) is 0.254. The minimum absolute atomic E-state index is 0.0410. The molecule has 1 heterocycles. The molecule has 0 aromatic heterocycles. The van der Waals surface area contributed by atoms with Crippen LogP contribution in [0.2, 0.25) is 0 Å². The largest absolute Gasteiger partial charge is 0.492 e. The van der Waals surface area contributed by atoms with Gasteiger partial charge in [0.25, 0.3) is 11.1 Å². The van der Waals surface area contributed by atoms with Crippen molar-refractivity contribution in [3.63, 3.8) is 0 Å². The van der Waals surface area contributed by atoms with Gasteiger partial charge in [-0.05, 0) is 87.9 Å². The van der Waals surface area contributed by atoms with E-state index in [9.17, 15) is 22.8 Å². The van der Waals surface area contributed by atoms with E-state index in [4.69, 9.17) is 8.92 Å². The molecule has 4 rings (SSSR count). The summed E-state index contributed by atoms with van der Waals surface area (Å²) in [6.45, 7) is 1.62. The standard InChI is InChI=1S/C26H21BrN2O7S2/c1-17(30)28-19-8-10-21(11-9-19)38(33,34)36-23-12-7-18(15-22(23)27)16-24-25(31)29(26(32)37-24)13-14-35-20-5-3-2-4-6-20/h2-12,15-16H,13-14H2,1H3,(H,28,30)/b24-16-. The third-order valence-electron chi connectivity index (χ3n) is 5.12. The number of rotatable bonds is 9. The van der Waals surface area contributed by atoms with Gasteiger partial charge in [-0.2, -0.15) is 8.42 Å². The van der Waals surface area contributed by atoms with E-state index in [2.05, 4.69) is 21.2 Å². The van der Waals surface area contributed by atoms with Gasteiger partial charge >= 0.3 is 10.1 Å². The fourth-order valence-corrected chi connectivity index (χ4v) is 5.76. The summed E-state index contributed by atoms with van der Waals surface area (Å²) in [6, 6.07) is 19.2. The molecular formula is C26H21BrN2O7S2. The number of nitrogens with zero attached hydrogens (tertiary/aromatic N) is 1. The Bertz CT molecular complexity index is 1510. The van der Waals surface area contributed by atoms with Crippen LogP contribution in [0.25, 0.3) is 6.08 Å². The van der Waals surface area contributed by atoms with Gasteiger partial charge in [0, 0.05) is 12.6 Å². The Morgan fingerprint density at radius 1 is 1.05 bits per heavy atom. The maximum atomic E-state index is 12.8. The number of halogens is 1. The summed E-state index contributed by atoms with van der Waals surface area (Å²) >= 11 is 4.12. The van der Waals surface area contributed by atoms with E-state index in [1.54, 1.807) is 30.3 Å². The molecule has 9 nitrogen and oxygen atoms in total. The van der Waals surface area contributed by atoms with E-state index in [0.29, 0.717) is 21.5 Å². The third-order valence-corrected chi connectivity index (χ3v) is 7.89. The number of carbonyl (C=O) groups is 3. The monoisotopic (exact) mass is 616 g/mol. The van der Waals surface area contributed by atoms with Crippen molar-refractivity contribution in [1.82, 2.24) is 4.90 Å². The Morgan fingerprint density at radius 3 is 2.42 bits per heavy atom. The van der Waals surface area contributed by atoms with Crippen molar-refractivity contribution in [2.45, 2.75) is 11.8 Å². The Labute approximate surface area is 232 Å². The maximum Gasteiger partial charge on any atom is 0.339 e. The third kappa shape index (κ3) is 6.82. The van der Waals surface area contributed by atoms with Crippen LogP contribution in [0.3, 0.4) is 0 Å². The number of carbonyl (C=O) groups excluding carboxylic acids is 3. The summed E-state index contributed by atoms with van der Waals surface area (Å²) in [5.74, 6) is -0.0217. The molecule has 0 spiro atoms. The molecule has 1 fully saturated rings. The van der Waals surface area contributed by atoms with Crippen LogP contribution in [-0.4, -0.2) is 43.5 Å². The average molecular weight is 617 g/mol. The van der Waals surface area contributed by atoms with Crippen LogP contribution in [-0.2, 0) is 19.7 Å². The molecule has 3 aromatic carbocycles. The number of ether oxygens (including phenoxy) is 1. The minimum atomic E-state index is -4.15. The van der Waals surface area contributed by atoms with Gasteiger partial charge in [0.2, 0.25) is 5.91 Å². The summed E-state index contributed by atoms with van der Waals surface area (Å²) in [5.41, 5.74) is 1.02. The summed E-state index contributed by atoms with van der Waals surface area (Å²) in [5, 5.41) is 2.16. The van der Waals surface area contributed by atoms with Crippen LogP contribution in [0.5, 0.6) is 11.5 Å². The predicted molar refractivity (Wildman–Crippen MR) is 147 cm³/mol. The molecule has 0 aliphatic carbocycles. The van der Waals surface area contributed by atoms with E-state index in [-0.39, 0.29) is 34.6 Å². The molecule has 3 amide bonds. The molecule has 38 heavy (non-hydrogen) atoms. The fourth-order valence-electron chi connectivity index (χ4n) is 3.36. The first-order valence-corrected chi connectivity index (χ1v) is 14.2. The molecule has 0 saturated carbocycles. The van der Waals surface area contributed by atoms with E-state index >= 15 is 0 Å². The number of imide groups is 1. The van der Waals surface area contributed by atoms with Crippen LogP contribution >= 0.6 is 27.7 Å². The lowest BCUT2D eigenvalue weighted by Gasteiger charge is -2.13. The molecule has 1 aliphatic rings. The Balaban J connectivity index is 1.41. The highest BCUT2D eigenvalue weighted by Gasteiger charge is 2.34. The number of anilines is 1. The molecule has 0 atom stereocenters. The van der Waals surface area contributed by atoms with Crippen LogP contribution in [0.4, 0.5) is 10.5 Å². The van der Waals surface area contributed by atoms with Crippen LogP contribution < -0.4 is 14.2 Å². The van der Waals surface area contributed by atoms with Crippen molar-refractivity contribution in [1.29, 1.82) is 0 Å². The molecule has 3 aromatic rings. The molecule has 196 valence electrons. The van der Waals surface area contributed by atoms with Crippen molar-refractivity contribution in [2.75, 3.05) is 18.5 Å². The first-order chi connectivity index (χ1) is 18.1. The lowest BCUT2D eigenvalue weighted by atomic mass is 10.2. The van der Waals surface area contributed by atoms with E-state index in [0.717, 1.165) is 16.7 Å². The van der Waals surface area contributed by atoms with Crippen LogP contribution in [0, 0.1) is 0 Å². The number of amides is 3. The zero-order valence-corrected chi connectivity index (χ0v) is 23.1. The highest BCUT2D eigenvalue weighted by atomic mass is 79.9. The van der Waals surface area contributed by atoms with Gasteiger partial charge in [0.1, 0.15) is 17.3 Å². The summed E-state index contributed by atoms with van der Waals surface area (Å²) < 4.78 is 36.6. The van der Waals surface area contributed by atoms with E-state index in [1.165, 1.54) is 37.3 Å². The smallest absolute Gasteiger partial charge is 0.339 e. The molecule has 1 N–H and O–H groups in total. The number of para-hydroxylation sites is 1. The predicted octanol–water partition coefficient (Wildman–Crippen LogP) is 5.29. The summed E-state index contributed by atoms with van der Waals surface area (Å²) in [4.78, 5) is 37.5. The number of nitrogens with one attached hydrogen (secondary N) is 1. The normalized spacial score (nSPS) is 14.6. The molecule has 1 saturated heterocycles. The van der Waals surface area contributed by atoms with Gasteiger partial charge < -0.3 is 14.2 Å². The molecule has 0 unspecified atom stereocenters. The first kappa shape index (κ1) is 27.4. The second-order valence-electron chi connectivity index (χ2n) is 7.93. The van der Waals surface area contributed by atoms with Crippen molar-refractivity contribution >= 4 is 66.6 Å². The highest BCUT2D eigenvalue weighted by Crippen LogP contribution is 2.34. The number of hydrogen-bond donors (Lipinski definition) is 1. The maximum absolute atomic E-state index is 12.8. The van der Waals surface area contributed by atoms with Gasteiger partial charge in [-0.15, -0.1) is 0 Å². The number of benzene rings is 3. The molecular weight excluding hydrogens is 596 g/mol. The molecule has 1 aliphatic heterocycles. The van der Waals surface area contributed by atoms with Crippen molar-refractivity contribution < 1.29 is 31.7 Å². The average Bonchev–Trinajstić information content (AvgIpc) is 3.13. The zero-order valence-electron chi connectivity index (χ0n) is 19.9. The van der Waals surface area contributed by atoms with E-state index < -0.39 is 21.3 Å². The summed E-state index contributed by atoms with van der Waals surface area (Å²) in [6.07, 6.45) is 1.55. The molecule has 12 heteroatoms. The van der Waals surface area contributed by atoms with Gasteiger partial charge in [-0.1, -0.05) is 24.3 Å². The fraction of sp³-hybridized carbons (Fsp3) is 0.115. The minimum Gasteiger partial charge on any atom is -0.492 e. The topological polar surface area (TPSA) is 119 Å². The highest BCUT2D eigenvalue weighted by molar-refractivity contribution is 9.10. The van der Waals surface area contributed by atoms with Crippen molar-refractivity contribution in [3.8, 4) is 11.5 Å². The second-order valence-corrected chi connectivity index (χ2v) is 11.3. The van der Waals surface area contributed by atoms with Gasteiger partial charge in [-0.25, -0.2) is 0 Å². The van der Waals surface area contributed by atoms with E-state index in [1.807, 2.05) is 18.2 Å². The van der Waals surface area contributed by atoms with Crippen LogP contribution in [0.15, 0.2) is 87.1 Å². The zero-order chi connectivity index (χ0) is 27.3. The number of thioether (sulfide) groups is 1. The molecule has 0 radical (unpaired) electrons. The van der Waals surface area contributed by atoms with Crippen molar-refractivity contribution in [3.05, 3.63) is 87.7 Å². The SMILES string of the molecule is CC(=O)Nc1ccc(S(=O)(=O)Oc2ccc(/C=C3\SC(=O)N(CCOc4ccccc4)C3=O)cc2Br)cc1. The van der Waals surface area contributed by atoms with Gasteiger partial charge in [0.15, 0.2) is 5.75 Å². The van der Waals surface area contributed by atoms with Crippen molar-refractivity contribution in [2.24, 2.45) is 0 Å². The Morgan fingerprint density at radius 2 is 1.76 bits per heavy atom. The number of hydrogen-bond acceptors (Lipinski definition) is 8. The van der Waals surface area contributed by atoms with Crippen LogP contribution in [0.1, 0.15) is 12.5 Å².